The molecule has 0 bridgehead atoms. The Balaban J connectivity index is 3.28. The summed E-state index contributed by atoms with van der Waals surface area (Å²) >= 11 is 11.4. The predicted octanol–water partition coefficient (Wildman–Crippen LogP) is 4.51. The molecule has 0 saturated heterocycles. The van der Waals surface area contributed by atoms with E-state index in [1.54, 1.807) is 0 Å². The standard InChI is InChI=1S/C19H28Cl2N2O6Si/c1-12(24)29-16(13-7-9-14(10-8-13)23(26)27)15(22-18(25)17(20)21)11-28-30(5,6)19(2,3)4/h7-10,15-17H,11H2,1-6H3,(H,22,25)/t15-,16-/m1/s1. The van der Waals surface area contributed by atoms with E-state index in [9.17, 15) is 19.7 Å². The SMILES string of the molecule is CC(=O)O[C@H](c1ccc([N+](=O)[O-])cc1)[C@@H](CO[Si](C)(C)C(C)(C)C)NC(=O)C(Cl)Cl. The molecule has 1 amide bonds. The molecule has 0 aliphatic rings. The molecule has 2 atom stereocenters. The average Bonchev–Trinajstić information content (AvgIpc) is 2.62. The van der Waals surface area contributed by atoms with E-state index in [2.05, 4.69) is 26.1 Å². The van der Waals surface area contributed by atoms with E-state index in [0.29, 0.717) is 5.56 Å². The molecule has 8 nitrogen and oxygen atoms in total. The van der Waals surface area contributed by atoms with Gasteiger partial charge in [-0.1, -0.05) is 44.0 Å². The molecule has 168 valence electrons. The number of esters is 1. The lowest BCUT2D eigenvalue weighted by Gasteiger charge is -2.38. The fourth-order valence-corrected chi connectivity index (χ4v) is 3.47. The van der Waals surface area contributed by atoms with Crippen molar-refractivity contribution in [1.82, 2.24) is 5.32 Å². The maximum Gasteiger partial charge on any atom is 0.303 e. The number of benzene rings is 1. The zero-order chi connectivity index (χ0) is 23.3. The van der Waals surface area contributed by atoms with Crippen molar-refractivity contribution in [2.24, 2.45) is 0 Å². The highest BCUT2D eigenvalue weighted by Gasteiger charge is 2.39. The fourth-order valence-electron chi connectivity index (χ4n) is 2.31. The van der Waals surface area contributed by atoms with Crippen molar-refractivity contribution >= 4 is 49.1 Å². The molecule has 11 heteroatoms. The van der Waals surface area contributed by atoms with Crippen LogP contribution in [0.3, 0.4) is 0 Å². The number of ether oxygens (including phenoxy) is 1. The summed E-state index contributed by atoms with van der Waals surface area (Å²) in [6.07, 6.45) is -0.955. The van der Waals surface area contributed by atoms with Gasteiger partial charge in [0.05, 0.1) is 17.6 Å². The number of nitrogens with one attached hydrogen (secondary N) is 1. The summed E-state index contributed by atoms with van der Waals surface area (Å²) in [6.45, 7) is 11.6. The van der Waals surface area contributed by atoms with Crippen LogP contribution in [0.1, 0.15) is 39.4 Å². The zero-order valence-corrected chi connectivity index (χ0v) is 20.4. The minimum Gasteiger partial charge on any atom is -0.455 e. The number of non-ortho nitro benzene ring substituents is 1. The highest BCUT2D eigenvalue weighted by Crippen LogP contribution is 2.37. The number of nitro benzene ring substituents is 1. The van der Waals surface area contributed by atoms with Crippen LogP contribution >= 0.6 is 23.2 Å². The minimum absolute atomic E-state index is 0.0393. The lowest BCUT2D eigenvalue weighted by Crippen LogP contribution is -2.50. The lowest BCUT2D eigenvalue weighted by molar-refractivity contribution is -0.384. The van der Waals surface area contributed by atoms with Crippen LogP contribution < -0.4 is 5.32 Å². The number of rotatable bonds is 9. The smallest absolute Gasteiger partial charge is 0.303 e. The molecule has 0 saturated carbocycles. The summed E-state index contributed by atoms with van der Waals surface area (Å²) < 4.78 is 11.7. The van der Waals surface area contributed by atoms with Gasteiger partial charge < -0.3 is 14.5 Å². The summed E-state index contributed by atoms with van der Waals surface area (Å²) in [5, 5.41) is 13.5. The Kier molecular flexibility index (Phi) is 9.28. The number of hydrogen-bond acceptors (Lipinski definition) is 6. The topological polar surface area (TPSA) is 108 Å². The van der Waals surface area contributed by atoms with Crippen molar-refractivity contribution in [2.75, 3.05) is 6.61 Å². The van der Waals surface area contributed by atoms with Crippen LogP contribution in [0.5, 0.6) is 0 Å². The van der Waals surface area contributed by atoms with Crippen LogP contribution in [-0.4, -0.2) is 42.6 Å². The molecule has 0 fully saturated rings. The van der Waals surface area contributed by atoms with Crippen molar-refractivity contribution in [3.05, 3.63) is 39.9 Å². The molecule has 0 aliphatic carbocycles. The van der Waals surface area contributed by atoms with Gasteiger partial charge in [0.25, 0.3) is 11.6 Å². The quantitative estimate of drug-likeness (QED) is 0.184. The molecule has 0 spiro atoms. The second kappa shape index (κ2) is 10.6. The van der Waals surface area contributed by atoms with Gasteiger partial charge >= 0.3 is 5.97 Å². The van der Waals surface area contributed by atoms with Crippen molar-refractivity contribution in [2.45, 2.75) is 62.8 Å². The Bertz CT molecular complexity index is 765. The first-order valence-electron chi connectivity index (χ1n) is 9.30. The van der Waals surface area contributed by atoms with Gasteiger partial charge in [0.1, 0.15) is 6.10 Å². The third-order valence-electron chi connectivity index (χ3n) is 5.05. The first-order chi connectivity index (χ1) is 13.7. The van der Waals surface area contributed by atoms with E-state index < -0.39 is 42.1 Å². The van der Waals surface area contributed by atoms with Gasteiger partial charge in [-0.15, -0.1) is 0 Å². The van der Waals surface area contributed by atoms with Crippen molar-refractivity contribution in [1.29, 1.82) is 0 Å². The molecule has 1 aromatic carbocycles. The predicted molar refractivity (Wildman–Crippen MR) is 118 cm³/mol. The van der Waals surface area contributed by atoms with Gasteiger partial charge in [-0.3, -0.25) is 19.7 Å². The van der Waals surface area contributed by atoms with Crippen LogP contribution in [0.25, 0.3) is 0 Å². The third kappa shape index (κ3) is 7.53. The van der Waals surface area contributed by atoms with Crippen molar-refractivity contribution in [3.8, 4) is 0 Å². The molecular weight excluding hydrogens is 451 g/mol. The molecule has 0 unspecified atom stereocenters. The second-order valence-electron chi connectivity index (χ2n) is 8.37. The number of nitrogens with zero attached hydrogens (tertiary/aromatic N) is 1. The van der Waals surface area contributed by atoms with Crippen LogP contribution in [0, 0.1) is 10.1 Å². The number of alkyl halides is 2. The molecule has 1 N–H and O–H groups in total. The molecular formula is C19H28Cl2N2O6Si. The monoisotopic (exact) mass is 478 g/mol. The largest absolute Gasteiger partial charge is 0.455 e. The summed E-state index contributed by atoms with van der Waals surface area (Å²) in [7, 11) is -2.20. The van der Waals surface area contributed by atoms with Gasteiger partial charge in [-0.05, 0) is 35.8 Å². The zero-order valence-electron chi connectivity index (χ0n) is 17.9. The molecule has 0 aliphatic heterocycles. The Labute approximate surface area is 187 Å². The van der Waals surface area contributed by atoms with E-state index in [1.165, 1.54) is 31.2 Å². The maximum atomic E-state index is 12.2. The summed E-state index contributed by atoms with van der Waals surface area (Å²) in [6, 6.07) is 4.72. The molecule has 1 aromatic rings. The van der Waals surface area contributed by atoms with Crippen molar-refractivity contribution < 1.29 is 23.7 Å². The third-order valence-corrected chi connectivity index (χ3v) is 9.94. The minimum atomic E-state index is -2.20. The summed E-state index contributed by atoms with van der Waals surface area (Å²) in [5.74, 6) is -1.25. The fraction of sp³-hybridized carbons (Fsp3) is 0.579. The lowest BCUT2D eigenvalue weighted by atomic mass is 10.0. The van der Waals surface area contributed by atoms with E-state index in [-0.39, 0.29) is 17.3 Å². The Morgan fingerprint density at radius 1 is 1.20 bits per heavy atom. The van der Waals surface area contributed by atoms with Gasteiger partial charge in [-0.2, -0.15) is 0 Å². The summed E-state index contributed by atoms with van der Waals surface area (Å²) in [5.41, 5.74) is 0.348. The average molecular weight is 479 g/mol. The van der Waals surface area contributed by atoms with E-state index in [0.717, 1.165) is 0 Å². The highest BCUT2D eigenvalue weighted by molar-refractivity contribution is 6.74. The Morgan fingerprint density at radius 3 is 2.13 bits per heavy atom. The number of nitro groups is 1. The van der Waals surface area contributed by atoms with E-state index in [4.69, 9.17) is 32.4 Å². The number of carbonyl (C=O) groups is 2. The molecule has 0 aromatic heterocycles. The molecule has 0 heterocycles. The number of hydrogen-bond donors (Lipinski definition) is 1. The summed E-state index contributed by atoms with van der Waals surface area (Å²) in [4.78, 5) is 33.0. The van der Waals surface area contributed by atoms with Gasteiger partial charge in [0.15, 0.2) is 13.2 Å². The number of halogens is 2. The van der Waals surface area contributed by atoms with Gasteiger partial charge in [0, 0.05) is 19.1 Å². The maximum absolute atomic E-state index is 12.2. The van der Waals surface area contributed by atoms with Crippen LogP contribution in [0.4, 0.5) is 5.69 Å². The Morgan fingerprint density at radius 2 is 1.73 bits per heavy atom. The second-order valence-corrected chi connectivity index (χ2v) is 14.3. The highest BCUT2D eigenvalue weighted by atomic mass is 35.5. The Hall–Kier alpha value is -1.68. The van der Waals surface area contributed by atoms with Crippen LogP contribution in [0.2, 0.25) is 18.1 Å². The normalized spacial score (nSPS) is 14.2. The van der Waals surface area contributed by atoms with Gasteiger partial charge in [-0.25, -0.2) is 0 Å². The van der Waals surface area contributed by atoms with Crippen LogP contribution in [0.15, 0.2) is 24.3 Å². The van der Waals surface area contributed by atoms with E-state index in [1.807, 2.05) is 13.1 Å². The van der Waals surface area contributed by atoms with Gasteiger partial charge in [0.2, 0.25) is 0 Å². The molecule has 0 radical (unpaired) electrons. The van der Waals surface area contributed by atoms with Crippen LogP contribution in [-0.2, 0) is 18.8 Å². The van der Waals surface area contributed by atoms with Crippen molar-refractivity contribution in [3.63, 3.8) is 0 Å². The van der Waals surface area contributed by atoms with E-state index >= 15 is 0 Å². The molecule has 1 rings (SSSR count). The molecule has 30 heavy (non-hydrogen) atoms. The number of amides is 1. The number of carbonyl (C=O) groups excluding carboxylic acids is 2. The first-order valence-corrected chi connectivity index (χ1v) is 13.1. The first kappa shape index (κ1) is 26.4.